The van der Waals surface area contributed by atoms with E-state index < -0.39 is 0 Å². The van der Waals surface area contributed by atoms with E-state index in [-0.39, 0.29) is 23.6 Å². The summed E-state index contributed by atoms with van der Waals surface area (Å²) in [4.78, 5) is 56.6. The maximum atomic E-state index is 12.4. The molecule has 11 aromatic rings. The number of hydrogen-bond acceptors (Lipinski definition) is 10. The molecule has 4 amide bonds. The minimum Gasteiger partial charge on any atom is -0.399 e. The minimum absolute atomic E-state index is 0.119. The van der Waals surface area contributed by atoms with E-state index in [1.807, 2.05) is 115 Å². The van der Waals surface area contributed by atoms with Crippen LogP contribution in [0.5, 0.6) is 0 Å². The van der Waals surface area contributed by atoms with Gasteiger partial charge in [0.15, 0.2) is 0 Å². The number of pyridine rings is 2. The summed E-state index contributed by atoms with van der Waals surface area (Å²) >= 11 is 0. The number of hydrogen-bond donors (Lipinski definition) is 8. The van der Waals surface area contributed by atoms with Crippen molar-refractivity contribution in [1.29, 1.82) is 0 Å². The highest BCUT2D eigenvalue weighted by atomic mass is 16.2. The van der Waals surface area contributed by atoms with Crippen LogP contribution in [0, 0.1) is 0 Å². The summed E-state index contributed by atoms with van der Waals surface area (Å²) in [5, 5.41) is 17.3. The first-order valence-corrected chi connectivity index (χ1v) is 23.8. The molecule has 374 valence electrons. The van der Waals surface area contributed by atoms with Crippen molar-refractivity contribution in [2.45, 2.75) is 0 Å². The Hall–Kier alpha value is -10.9. The molecule has 0 saturated heterocycles. The highest BCUT2D eigenvalue weighted by Gasteiger charge is 2.13. The number of nitrogens with two attached hydrogens (primary N) is 4. The Morgan fingerprint density at radius 1 is 0.316 bits per heavy atom. The molecular weight excluding hydrogens is 949 g/mol. The van der Waals surface area contributed by atoms with Crippen molar-refractivity contribution in [3.8, 4) is 0 Å². The van der Waals surface area contributed by atoms with Gasteiger partial charge in [0.2, 0.25) is 0 Å². The number of carbonyl (C=O) groups is 4. The quantitative estimate of drug-likeness (QED) is 0.0669. The van der Waals surface area contributed by atoms with Crippen LogP contribution in [0.3, 0.4) is 0 Å². The van der Waals surface area contributed by atoms with Crippen LogP contribution in [0.25, 0.3) is 32.3 Å². The van der Waals surface area contributed by atoms with Crippen LogP contribution >= 0.6 is 0 Å². The third-order valence-corrected chi connectivity index (χ3v) is 11.6. The number of anilines is 8. The largest absolute Gasteiger partial charge is 0.399 e. The van der Waals surface area contributed by atoms with Gasteiger partial charge in [-0.25, -0.2) is 0 Å². The van der Waals surface area contributed by atoms with E-state index in [2.05, 4.69) is 31.2 Å². The molecule has 0 bridgehead atoms. The second-order valence-corrected chi connectivity index (χ2v) is 17.0. The van der Waals surface area contributed by atoms with Gasteiger partial charge in [0.05, 0.1) is 0 Å². The van der Waals surface area contributed by atoms with Crippen LogP contribution < -0.4 is 44.2 Å². The highest BCUT2D eigenvalue weighted by Crippen LogP contribution is 2.22. The van der Waals surface area contributed by atoms with Crippen LogP contribution in [-0.4, -0.2) is 33.6 Å². The monoisotopic (exact) mass is 1000 g/mol. The first-order valence-electron chi connectivity index (χ1n) is 23.8. The number of fused-ring (bicyclic) bond motifs is 3. The molecule has 0 radical (unpaired) electrons. The predicted octanol–water partition coefficient (Wildman–Crippen LogP) is 12.3. The number of nitrogen functional groups attached to an aromatic ring is 4. The Balaban J connectivity index is 0.000000135. The van der Waals surface area contributed by atoms with Crippen LogP contribution in [0.2, 0.25) is 0 Å². The number of nitrogens with one attached hydrogen (secondary N) is 4. The molecule has 76 heavy (non-hydrogen) atoms. The zero-order chi connectivity index (χ0) is 53.2. The average Bonchev–Trinajstić information content (AvgIpc) is 3.46. The standard InChI is InChI=1S/2C17H14N2O.C16H13N3O.C12H11N3O/c18-13-8-10-14(11-9-13)19-17(20)16-7-3-5-12-4-1-2-6-15(12)16;18-15-7-9-16(10-8-15)19-17(20)14-6-5-12-3-1-2-4-13(12)11-14;17-12-5-7-13(8-6-12)19-16(20)15-14-4-2-1-3-11(14)9-10-18-15;13-10-1-3-11(4-2-10)15-12(16)9-5-7-14-8-6-9/h2*1-11H,18H2,(H,19,20);1-10H,17H2,(H,19,20);1-8H,13H2,(H,15,16). The van der Waals surface area contributed by atoms with Gasteiger partial charge in [0.25, 0.3) is 23.6 Å². The third kappa shape index (κ3) is 14.2. The van der Waals surface area contributed by atoms with Crippen molar-refractivity contribution < 1.29 is 19.2 Å². The fourth-order valence-corrected chi connectivity index (χ4v) is 7.62. The molecule has 11 rings (SSSR count). The number of amides is 4. The zero-order valence-corrected chi connectivity index (χ0v) is 40.9. The molecule has 2 heterocycles. The number of nitrogens with zero attached hydrogens (tertiary/aromatic N) is 2. The molecule has 0 aliphatic heterocycles. The SMILES string of the molecule is Nc1ccc(NC(=O)c2ccc3ccccc3c2)cc1.Nc1ccc(NC(=O)c2cccc3ccccc23)cc1.Nc1ccc(NC(=O)c2ccncc2)cc1.Nc1ccc(NC(=O)c2nccc3ccccc23)cc1. The number of carbonyl (C=O) groups excluding carboxylic acids is 4. The van der Waals surface area contributed by atoms with E-state index in [1.54, 1.807) is 128 Å². The second-order valence-electron chi connectivity index (χ2n) is 17.0. The Bertz CT molecular complexity index is 3610. The van der Waals surface area contributed by atoms with Crippen molar-refractivity contribution >= 4 is 101 Å². The lowest BCUT2D eigenvalue weighted by Gasteiger charge is -2.08. The van der Waals surface area contributed by atoms with E-state index in [9.17, 15) is 19.2 Å². The minimum atomic E-state index is -0.230. The van der Waals surface area contributed by atoms with Gasteiger partial charge >= 0.3 is 0 Å². The molecule has 12 N–H and O–H groups in total. The van der Waals surface area contributed by atoms with Crippen molar-refractivity contribution in [1.82, 2.24) is 9.97 Å². The van der Waals surface area contributed by atoms with Gasteiger partial charge in [-0.15, -0.1) is 0 Å². The molecule has 0 atom stereocenters. The maximum absolute atomic E-state index is 12.4. The van der Waals surface area contributed by atoms with E-state index in [0.29, 0.717) is 50.8 Å². The van der Waals surface area contributed by atoms with Gasteiger partial charge < -0.3 is 44.2 Å². The molecule has 14 heteroatoms. The molecule has 0 unspecified atom stereocenters. The molecule has 2 aromatic heterocycles. The van der Waals surface area contributed by atoms with Crippen LogP contribution in [0.4, 0.5) is 45.5 Å². The van der Waals surface area contributed by atoms with Crippen LogP contribution in [0.15, 0.2) is 243 Å². The van der Waals surface area contributed by atoms with Crippen molar-refractivity contribution in [3.63, 3.8) is 0 Å². The maximum Gasteiger partial charge on any atom is 0.274 e. The lowest BCUT2D eigenvalue weighted by atomic mass is 10.0. The number of rotatable bonds is 8. The summed E-state index contributed by atoms with van der Waals surface area (Å²) < 4.78 is 0. The first-order chi connectivity index (χ1) is 36.9. The van der Waals surface area contributed by atoms with Gasteiger partial charge in [0.1, 0.15) is 5.69 Å². The molecule has 14 nitrogen and oxygen atoms in total. The Kier molecular flexibility index (Phi) is 16.9. The van der Waals surface area contributed by atoms with Crippen LogP contribution in [-0.2, 0) is 0 Å². The third-order valence-electron chi connectivity index (χ3n) is 11.6. The summed E-state index contributed by atoms with van der Waals surface area (Å²) in [6, 6.07) is 68.3. The first kappa shape index (κ1) is 51.5. The summed E-state index contributed by atoms with van der Waals surface area (Å²) in [5.74, 6) is -0.633. The molecule has 9 aromatic carbocycles. The van der Waals surface area contributed by atoms with Crippen LogP contribution in [0.1, 0.15) is 41.6 Å². The number of aromatic nitrogens is 2. The fourth-order valence-electron chi connectivity index (χ4n) is 7.62. The lowest BCUT2D eigenvalue weighted by molar-refractivity contribution is 0.101. The molecule has 0 aliphatic carbocycles. The topological polar surface area (TPSA) is 246 Å². The molecule has 0 fully saturated rings. The van der Waals surface area contributed by atoms with Crippen molar-refractivity contribution in [3.05, 3.63) is 265 Å². The van der Waals surface area contributed by atoms with Crippen molar-refractivity contribution in [2.75, 3.05) is 44.2 Å². The predicted molar refractivity (Wildman–Crippen MR) is 309 cm³/mol. The summed E-state index contributed by atoms with van der Waals surface area (Å²) in [7, 11) is 0. The van der Waals surface area contributed by atoms with Gasteiger partial charge in [-0.3, -0.25) is 29.1 Å². The highest BCUT2D eigenvalue weighted by molar-refractivity contribution is 6.13. The fraction of sp³-hybridized carbons (Fsp3) is 0. The average molecular weight is 1000 g/mol. The van der Waals surface area contributed by atoms with E-state index >= 15 is 0 Å². The Labute approximate surface area is 438 Å². The zero-order valence-electron chi connectivity index (χ0n) is 40.9. The van der Waals surface area contributed by atoms with Gasteiger partial charge in [-0.05, 0) is 160 Å². The molecule has 0 aliphatic rings. The van der Waals surface area contributed by atoms with Gasteiger partial charge in [-0.1, -0.05) is 91.0 Å². The summed E-state index contributed by atoms with van der Waals surface area (Å²) in [5.41, 5.74) is 30.3. The second kappa shape index (κ2) is 25.0. The van der Waals surface area contributed by atoms with E-state index in [1.165, 1.54) is 0 Å². The lowest BCUT2D eigenvalue weighted by Crippen LogP contribution is -2.14. The van der Waals surface area contributed by atoms with E-state index in [4.69, 9.17) is 22.9 Å². The Morgan fingerprint density at radius 3 is 1.25 bits per heavy atom. The molecule has 0 spiro atoms. The Morgan fingerprint density at radius 2 is 0.724 bits per heavy atom. The smallest absolute Gasteiger partial charge is 0.274 e. The summed E-state index contributed by atoms with van der Waals surface area (Å²) in [6.07, 6.45) is 4.80. The van der Waals surface area contributed by atoms with E-state index in [0.717, 1.165) is 49.4 Å². The molecule has 0 saturated carbocycles. The normalized spacial score (nSPS) is 10.3. The summed E-state index contributed by atoms with van der Waals surface area (Å²) in [6.45, 7) is 0. The molecular formula is C62H52N10O4. The number of benzene rings is 9. The van der Waals surface area contributed by atoms with Gasteiger partial charge in [0, 0.05) is 86.2 Å². The van der Waals surface area contributed by atoms with Gasteiger partial charge in [-0.2, -0.15) is 0 Å². The van der Waals surface area contributed by atoms with Crippen molar-refractivity contribution in [2.24, 2.45) is 0 Å².